The minimum Gasteiger partial charge on any atom is -0.389 e. The van der Waals surface area contributed by atoms with Crippen LogP contribution in [-0.4, -0.2) is 42.8 Å². The van der Waals surface area contributed by atoms with E-state index >= 15 is 0 Å². The Labute approximate surface area is 518 Å². The summed E-state index contributed by atoms with van der Waals surface area (Å²) < 4.78 is 0. The summed E-state index contributed by atoms with van der Waals surface area (Å²) in [5, 5.41) is 55.0. The summed E-state index contributed by atoms with van der Waals surface area (Å²) in [5.41, 5.74) is -14.6. The fraction of sp³-hybridized carbons (Fsp3) is 1.00. The van der Waals surface area contributed by atoms with Crippen LogP contribution in [0.5, 0.6) is 0 Å². The summed E-state index contributed by atoms with van der Waals surface area (Å²) in [5.74, 6) is 0. The smallest absolute Gasteiger partial charge is 0.0731 e. The van der Waals surface area contributed by atoms with E-state index in [9.17, 15) is 20.4 Å². The molecule has 4 heteroatoms. The van der Waals surface area contributed by atoms with Crippen molar-refractivity contribution in [3.63, 3.8) is 0 Å². The molecule has 0 aromatic rings. The van der Waals surface area contributed by atoms with E-state index in [1.165, 1.54) is 0 Å². The van der Waals surface area contributed by atoms with Crippen molar-refractivity contribution in [2.24, 2.45) is 119 Å². The first-order chi connectivity index (χ1) is 34.4. The van der Waals surface area contributed by atoms with E-state index < -0.39 is 98.2 Å². The quantitative estimate of drug-likeness (QED) is 0.0661. The highest BCUT2D eigenvalue weighted by Gasteiger charge is 2.76. The van der Waals surface area contributed by atoms with E-state index in [1.54, 1.807) is 0 Å². The molecule has 0 aliphatic rings. The standard InChI is InChI=1S/C78H158O4/c1-51-53(3,4)55(7,8)56(9,10)57(11,12)58(13,14)59(15,16)60(17,18)61(19,20)69(35,36)76(48,80)71(39,40)64(25,26)65(27,28)73(43,44)78(50,82)74(45,46)67(31,32)66(29,30)72(41,42)77(49,81)70(37,38)63(23,24)62(21,22)68(33,34)75(47,79)54(5,6)52-2/h79-82H,51-52H2,1-50H3. The molecule has 0 spiro atoms. The molecule has 0 rings (SSSR count). The molecule has 4 N–H and O–H groups in total. The van der Waals surface area contributed by atoms with Gasteiger partial charge in [-0.3, -0.25) is 0 Å². The lowest BCUT2D eigenvalue weighted by molar-refractivity contribution is -0.310. The Kier molecular flexibility index (Phi) is 20.6. The van der Waals surface area contributed by atoms with Gasteiger partial charge in [-0.2, -0.15) is 0 Å². The molecule has 4 unspecified atom stereocenters. The third kappa shape index (κ3) is 9.31. The van der Waals surface area contributed by atoms with Crippen molar-refractivity contribution < 1.29 is 20.4 Å². The Balaban J connectivity index is 8.27. The van der Waals surface area contributed by atoms with Crippen LogP contribution < -0.4 is 0 Å². The molecular weight excluding hydrogens is 1000 g/mol. The lowest BCUT2D eigenvalue weighted by atomic mass is 9.31. The summed E-state index contributed by atoms with van der Waals surface area (Å²) in [4.78, 5) is 0. The van der Waals surface area contributed by atoms with Crippen LogP contribution in [0.25, 0.3) is 0 Å². The molecule has 4 nitrogen and oxygen atoms in total. The molecule has 0 amide bonds. The maximum absolute atomic E-state index is 14.2. The third-order valence-electron chi connectivity index (χ3n) is 38.3. The Bertz CT molecular complexity index is 2070. The summed E-state index contributed by atoms with van der Waals surface area (Å²) in [6.07, 6.45) is 1.95. The van der Waals surface area contributed by atoms with Crippen LogP contribution in [0.15, 0.2) is 0 Å². The molecule has 0 fully saturated rings. The lowest BCUT2D eigenvalue weighted by Gasteiger charge is -2.74. The highest BCUT2D eigenvalue weighted by atomic mass is 16.3. The fourth-order valence-corrected chi connectivity index (χ4v) is 18.5. The summed E-state index contributed by atoms with van der Waals surface area (Å²) in [7, 11) is 0. The second-order valence-corrected chi connectivity index (χ2v) is 41.3. The largest absolute Gasteiger partial charge is 0.389 e. The van der Waals surface area contributed by atoms with Crippen molar-refractivity contribution in [2.75, 3.05) is 0 Å². The van der Waals surface area contributed by atoms with Crippen LogP contribution >= 0.6 is 0 Å². The van der Waals surface area contributed by atoms with Gasteiger partial charge in [-0.05, 0) is 153 Å². The second-order valence-electron chi connectivity index (χ2n) is 41.3. The van der Waals surface area contributed by atoms with Crippen LogP contribution in [0.4, 0.5) is 0 Å². The molecule has 0 heterocycles. The number of aliphatic hydroxyl groups is 4. The van der Waals surface area contributed by atoms with Crippen molar-refractivity contribution in [2.45, 2.75) is 381 Å². The number of hydrogen-bond donors (Lipinski definition) is 4. The van der Waals surface area contributed by atoms with Gasteiger partial charge in [-0.25, -0.2) is 0 Å². The molecule has 0 saturated heterocycles. The summed E-state index contributed by atoms with van der Waals surface area (Å²) in [6.45, 7) is 117. The van der Waals surface area contributed by atoms with Gasteiger partial charge in [0.25, 0.3) is 0 Å². The van der Waals surface area contributed by atoms with E-state index in [2.05, 4.69) is 339 Å². The third-order valence-corrected chi connectivity index (χ3v) is 38.3. The molecule has 0 aromatic carbocycles. The van der Waals surface area contributed by atoms with Crippen LogP contribution in [0, 0.1) is 119 Å². The van der Waals surface area contributed by atoms with E-state index in [-0.39, 0.29) is 43.3 Å². The molecule has 0 bridgehead atoms. The topological polar surface area (TPSA) is 80.9 Å². The van der Waals surface area contributed by atoms with E-state index in [0.717, 1.165) is 12.8 Å². The minimum atomic E-state index is -1.31. The molecule has 0 aliphatic heterocycles. The first-order valence-corrected chi connectivity index (χ1v) is 33.3. The highest BCUT2D eigenvalue weighted by Crippen LogP contribution is 2.78. The molecule has 0 aromatic heterocycles. The predicted octanol–water partition coefficient (Wildman–Crippen LogP) is 23.4. The summed E-state index contributed by atoms with van der Waals surface area (Å²) in [6, 6.07) is 0. The van der Waals surface area contributed by atoms with Gasteiger partial charge in [0.2, 0.25) is 0 Å². The van der Waals surface area contributed by atoms with Gasteiger partial charge >= 0.3 is 0 Å². The molecular formula is C78H158O4. The molecule has 0 saturated carbocycles. The second kappa shape index (κ2) is 20.7. The van der Waals surface area contributed by atoms with Crippen LogP contribution in [-0.2, 0) is 0 Å². The van der Waals surface area contributed by atoms with Crippen molar-refractivity contribution in [1.82, 2.24) is 0 Å². The van der Waals surface area contributed by atoms with Gasteiger partial charge in [-0.1, -0.05) is 325 Å². The normalized spacial score (nSPS) is 19.8. The zero-order valence-electron chi connectivity index (χ0n) is 66.2. The Morgan fingerprint density at radius 1 is 0.134 bits per heavy atom. The van der Waals surface area contributed by atoms with E-state index in [1.807, 2.05) is 6.92 Å². The van der Waals surface area contributed by atoms with Crippen molar-refractivity contribution >= 4 is 0 Å². The van der Waals surface area contributed by atoms with Gasteiger partial charge < -0.3 is 20.4 Å². The van der Waals surface area contributed by atoms with Gasteiger partial charge in [0.15, 0.2) is 0 Å². The first-order valence-electron chi connectivity index (χ1n) is 33.3. The lowest BCUT2D eigenvalue weighted by Crippen LogP contribution is -2.74. The SMILES string of the molecule is CCC(C)(C)C(C)(C)C(C)(C)C(C)(C)C(C)(C)C(C)(C)C(C)(C)C(C)(C)C(C)(C)C(C)(O)C(C)(C)C(C)(C)C(C)(C)C(C)(C)C(C)(O)C(C)(C)C(C)(C)C(C)(C)C(C)(C)C(C)(O)C(C)(C)C(C)(C)C(C)(C)C(C)(C)C(C)(O)C(C)(C)CC. The molecule has 82 heavy (non-hydrogen) atoms. The fourth-order valence-electron chi connectivity index (χ4n) is 18.5. The molecule has 494 valence electrons. The number of rotatable bonds is 27. The van der Waals surface area contributed by atoms with E-state index in [0.29, 0.717) is 0 Å². The zero-order chi connectivity index (χ0) is 68.4. The Morgan fingerprint density at radius 3 is 0.354 bits per heavy atom. The summed E-state index contributed by atoms with van der Waals surface area (Å²) >= 11 is 0. The molecule has 4 atom stereocenters. The first kappa shape index (κ1) is 81.8. The van der Waals surface area contributed by atoms with Crippen molar-refractivity contribution in [3.8, 4) is 0 Å². The highest BCUT2D eigenvalue weighted by molar-refractivity contribution is 5.25. The average Bonchev–Trinajstić information content (AvgIpc) is 3.26. The Morgan fingerprint density at radius 2 is 0.232 bits per heavy atom. The predicted molar refractivity (Wildman–Crippen MR) is 366 cm³/mol. The maximum Gasteiger partial charge on any atom is 0.0731 e. The van der Waals surface area contributed by atoms with Gasteiger partial charge in [0, 0.05) is 0 Å². The van der Waals surface area contributed by atoms with E-state index in [4.69, 9.17) is 0 Å². The van der Waals surface area contributed by atoms with Crippen LogP contribution in [0.2, 0.25) is 0 Å². The maximum atomic E-state index is 14.2. The van der Waals surface area contributed by atoms with Crippen LogP contribution in [0.3, 0.4) is 0 Å². The van der Waals surface area contributed by atoms with Gasteiger partial charge in [-0.15, -0.1) is 0 Å². The van der Waals surface area contributed by atoms with Crippen LogP contribution in [0.1, 0.15) is 359 Å². The van der Waals surface area contributed by atoms with Crippen molar-refractivity contribution in [3.05, 3.63) is 0 Å². The van der Waals surface area contributed by atoms with Crippen molar-refractivity contribution in [1.29, 1.82) is 0 Å². The zero-order valence-corrected chi connectivity index (χ0v) is 66.2. The molecule has 0 aliphatic carbocycles. The molecule has 0 radical (unpaired) electrons. The number of hydrogen-bond acceptors (Lipinski definition) is 4. The minimum absolute atomic E-state index is 0.0223. The van der Waals surface area contributed by atoms with Gasteiger partial charge in [0.05, 0.1) is 22.4 Å². The average molecular weight is 1160 g/mol. The van der Waals surface area contributed by atoms with Gasteiger partial charge in [0.1, 0.15) is 0 Å². The monoisotopic (exact) mass is 1160 g/mol. The Hall–Kier alpha value is -0.160.